The molecule has 20 heavy (non-hydrogen) atoms. The number of hydrogen-bond donors (Lipinski definition) is 2. The fourth-order valence-corrected chi connectivity index (χ4v) is 4.11. The van der Waals surface area contributed by atoms with Crippen LogP contribution in [0.25, 0.3) is 0 Å². The molecule has 0 amide bonds. The van der Waals surface area contributed by atoms with Gasteiger partial charge in [0.05, 0.1) is 11.5 Å². The lowest BCUT2D eigenvalue weighted by molar-refractivity contribution is 0.358. The van der Waals surface area contributed by atoms with E-state index in [9.17, 15) is 16.8 Å². The van der Waals surface area contributed by atoms with Crippen molar-refractivity contribution in [1.29, 1.82) is 0 Å². The van der Waals surface area contributed by atoms with Crippen molar-refractivity contribution >= 4 is 20.0 Å². The number of hydrogen-bond acceptors (Lipinski definition) is 6. The third-order valence-corrected chi connectivity index (χ3v) is 5.43. The molecule has 0 saturated carbocycles. The van der Waals surface area contributed by atoms with E-state index in [-0.39, 0.29) is 11.5 Å². The van der Waals surface area contributed by atoms with Gasteiger partial charge in [-0.3, -0.25) is 0 Å². The molecule has 1 heterocycles. The fourth-order valence-electron chi connectivity index (χ4n) is 1.79. The van der Waals surface area contributed by atoms with Crippen LogP contribution in [0.2, 0.25) is 0 Å². The Hall–Kier alpha value is -0.260. The van der Waals surface area contributed by atoms with Crippen molar-refractivity contribution in [3.8, 4) is 0 Å². The molecule has 1 aliphatic rings. The summed E-state index contributed by atoms with van der Waals surface area (Å²) in [6, 6.07) is 0. The normalized spacial score (nSPS) is 17.9. The van der Waals surface area contributed by atoms with Gasteiger partial charge in [0.2, 0.25) is 20.0 Å². The molecule has 1 rings (SSSR count). The Morgan fingerprint density at radius 3 is 1.95 bits per heavy atom. The van der Waals surface area contributed by atoms with E-state index in [2.05, 4.69) is 4.90 Å². The van der Waals surface area contributed by atoms with Gasteiger partial charge in [0.1, 0.15) is 0 Å². The van der Waals surface area contributed by atoms with Gasteiger partial charge < -0.3 is 9.80 Å². The Balaban J connectivity index is 2.34. The van der Waals surface area contributed by atoms with Crippen LogP contribution in [-0.2, 0) is 20.0 Å². The second-order valence-electron chi connectivity index (χ2n) is 5.19. The average molecular weight is 328 g/mol. The summed E-state index contributed by atoms with van der Waals surface area (Å²) in [4.78, 5) is 7.62. The van der Waals surface area contributed by atoms with E-state index in [1.165, 1.54) is 0 Å². The maximum Gasteiger partial charge on any atom is 0.226 e. The van der Waals surface area contributed by atoms with Gasteiger partial charge in [0.25, 0.3) is 0 Å². The number of nitrogens with one attached hydrogen (secondary N) is 2. The SMILES string of the molecule is CN(C)CCS(=O)(=O)NNS(=O)(=O)CCN1CCCC1. The van der Waals surface area contributed by atoms with Crippen LogP contribution in [0.4, 0.5) is 0 Å². The molecule has 0 unspecified atom stereocenters. The van der Waals surface area contributed by atoms with Gasteiger partial charge in [-0.05, 0) is 40.0 Å². The van der Waals surface area contributed by atoms with Crippen LogP contribution in [0.15, 0.2) is 0 Å². The molecule has 0 atom stereocenters. The zero-order valence-corrected chi connectivity index (χ0v) is 13.6. The number of rotatable bonds is 9. The van der Waals surface area contributed by atoms with Gasteiger partial charge in [0.15, 0.2) is 0 Å². The molecule has 8 nitrogen and oxygen atoms in total. The lowest BCUT2D eigenvalue weighted by Gasteiger charge is -2.15. The summed E-state index contributed by atoms with van der Waals surface area (Å²) in [5.41, 5.74) is 0. The minimum absolute atomic E-state index is 0.108. The Kier molecular flexibility index (Phi) is 6.82. The van der Waals surface area contributed by atoms with Crippen molar-refractivity contribution in [2.45, 2.75) is 12.8 Å². The van der Waals surface area contributed by atoms with E-state index < -0.39 is 20.0 Å². The minimum atomic E-state index is -3.64. The first-order valence-corrected chi connectivity index (χ1v) is 9.87. The largest absolute Gasteiger partial charge is 0.308 e. The molecular formula is C10H24N4O4S2. The zero-order chi connectivity index (χ0) is 15.2. The smallest absolute Gasteiger partial charge is 0.226 e. The lowest BCUT2D eigenvalue weighted by atomic mass is 10.4. The molecule has 0 aliphatic carbocycles. The molecule has 1 aliphatic heterocycles. The maximum absolute atomic E-state index is 11.7. The van der Waals surface area contributed by atoms with Gasteiger partial charge in [-0.25, -0.2) is 16.8 Å². The van der Waals surface area contributed by atoms with Crippen molar-refractivity contribution in [2.75, 3.05) is 51.8 Å². The van der Waals surface area contributed by atoms with Gasteiger partial charge in [-0.1, -0.05) is 0 Å². The molecule has 0 radical (unpaired) electrons. The van der Waals surface area contributed by atoms with E-state index in [4.69, 9.17) is 0 Å². The van der Waals surface area contributed by atoms with E-state index in [1.807, 2.05) is 9.66 Å². The Labute approximate surface area is 121 Å². The molecule has 10 heteroatoms. The summed E-state index contributed by atoms with van der Waals surface area (Å²) >= 11 is 0. The Morgan fingerprint density at radius 1 is 0.950 bits per heavy atom. The van der Waals surface area contributed by atoms with Crippen molar-refractivity contribution in [3.05, 3.63) is 0 Å². The first-order chi connectivity index (χ1) is 9.20. The first kappa shape index (κ1) is 17.8. The molecule has 0 aromatic rings. The first-order valence-electron chi connectivity index (χ1n) is 6.56. The molecule has 1 saturated heterocycles. The van der Waals surface area contributed by atoms with Crippen LogP contribution in [0.3, 0.4) is 0 Å². The van der Waals surface area contributed by atoms with Gasteiger partial charge >= 0.3 is 0 Å². The highest BCUT2D eigenvalue weighted by Gasteiger charge is 2.19. The third kappa shape index (κ3) is 7.50. The van der Waals surface area contributed by atoms with Crippen molar-refractivity contribution in [3.63, 3.8) is 0 Å². The average Bonchev–Trinajstić information content (AvgIpc) is 2.86. The molecule has 0 aromatic heterocycles. The highest BCUT2D eigenvalue weighted by molar-refractivity contribution is 7.92. The zero-order valence-electron chi connectivity index (χ0n) is 12.0. The third-order valence-electron chi connectivity index (χ3n) is 3.03. The van der Waals surface area contributed by atoms with Crippen LogP contribution in [0, 0.1) is 0 Å². The summed E-state index contributed by atoms with van der Waals surface area (Å²) in [5.74, 6) is -0.266. The topological polar surface area (TPSA) is 98.8 Å². The van der Waals surface area contributed by atoms with Gasteiger partial charge in [0, 0.05) is 13.1 Å². The summed E-state index contributed by atoms with van der Waals surface area (Å²) in [7, 11) is -3.79. The van der Waals surface area contributed by atoms with Crippen LogP contribution < -0.4 is 9.66 Å². The van der Waals surface area contributed by atoms with Crippen molar-refractivity contribution in [2.24, 2.45) is 0 Å². The quantitative estimate of drug-likeness (QED) is 0.495. The van der Waals surface area contributed by atoms with Crippen molar-refractivity contribution < 1.29 is 16.8 Å². The maximum atomic E-state index is 11.7. The van der Waals surface area contributed by atoms with E-state index in [1.54, 1.807) is 19.0 Å². The molecule has 0 bridgehead atoms. The molecule has 0 spiro atoms. The highest BCUT2D eigenvalue weighted by Crippen LogP contribution is 2.06. The predicted octanol–water partition coefficient (Wildman–Crippen LogP) is -1.60. The van der Waals surface area contributed by atoms with Crippen molar-refractivity contribution in [1.82, 2.24) is 19.5 Å². The van der Waals surface area contributed by atoms with Gasteiger partial charge in [-0.15, -0.1) is 9.66 Å². The molecule has 120 valence electrons. The molecule has 1 fully saturated rings. The standard InChI is InChI=1S/C10H24N4O4S2/c1-13(2)7-9-19(15,16)11-12-20(17,18)10-8-14-5-3-4-6-14/h11-12H,3-10H2,1-2H3. The van der Waals surface area contributed by atoms with Crippen LogP contribution >= 0.6 is 0 Å². The molecule has 2 N–H and O–H groups in total. The minimum Gasteiger partial charge on any atom is -0.308 e. The van der Waals surface area contributed by atoms with E-state index in [0.717, 1.165) is 25.9 Å². The van der Waals surface area contributed by atoms with Gasteiger partial charge in [-0.2, -0.15) is 0 Å². The van der Waals surface area contributed by atoms with Crippen LogP contribution in [0.5, 0.6) is 0 Å². The fraction of sp³-hybridized carbons (Fsp3) is 1.00. The summed E-state index contributed by atoms with van der Waals surface area (Å²) in [6.07, 6.45) is 2.18. The number of likely N-dealkylation sites (tertiary alicyclic amines) is 1. The summed E-state index contributed by atoms with van der Waals surface area (Å²) in [6.45, 7) is 2.56. The molecular weight excluding hydrogens is 304 g/mol. The predicted molar refractivity (Wildman–Crippen MR) is 78.1 cm³/mol. The second kappa shape index (κ2) is 7.66. The lowest BCUT2D eigenvalue weighted by Crippen LogP contribution is -2.46. The summed E-state index contributed by atoms with van der Waals surface area (Å²) < 4.78 is 46.5. The molecule has 0 aromatic carbocycles. The monoisotopic (exact) mass is 328 g/mol. The number of nitrogens with zero attached hydrogens (tertiary/aromatic N) is 2. The Morgan fingerprint density at radius 2 is 1.45 bits per heavy atom. The van der Waals surface area contributed by atoms with Crippen LogP contribution in [0.1, 0.15) is 12.8 Å². The Bertz CT molecular complexity index is 483. The number of hydrazine groups is 1. The summed E-state index contributed by atoms with van der Waals surface area (Å²) in [5, 5.41) is 0. The second-order valence-corrected chi connectivity index (χ2v) is 8.88. The van der Waals surface area contributed by atoms with Crippen LogP contribution in [-0.4, -0.2) is 78.4 Å². The van der Waals surface area contributed by atoms with E-state index in [0.29, 0.717) is 13.1 Å². The number of sulfonamides is 2. The van der Waals surface area contributed by atoms with E-state index >= 15 is 0 Å². The highest BCUT2D eigenvalue weighted by atomic mass is 32.2.